The van der Waals surface area contributed by atoms with Gasteiger partial charge < -0.3 is 10.0 Å². The number of hydrogen-bond donors (Lipinski definition) is 1. The van der Waals surface area contributed by atoms with Crippen LogP contribution in [0, 0.1) is 6.92 Å². The Morgan fingerprint density at radius 2 is 1.60 bits per heavy atom. The van der Waals surface area contributed by atoms with Crippen LogP contribution < -0.4 is 0 Å². The molecule has 2 aromatic rings. The molecule has 2 aromatic carbocycles. The highest BCUT2D eigenvalue weighted by Crippen LogP contribution is 2.41. The number of amides is 1. The Balaban J connectivity index is 0.000000257. The second-order valence-electron chi connectivity index (χ2n) is 5.17. The number of halogens is 4. The zero-order chi connectivity index (χ0) is 19.1. The number of phenols is 1. The van der Waals surface area contributed by atoms with Crippen LogP contribution in [0.2, 0.25) is 20.1 Å². The zero-order valence-corrected chi connectivity index (χ0v) is 17.1. The fraction of sp³-hybridized carbons (Fsp3) is 0.278. The van der Waals surface area contributed by atoms with E-state index in [9.17, 15) is 4.79 Å². The van der Waals surface area contributed by atoms with Crippen LogP contribution in [0.15, 0.2) is 30.3 Å². The first-order chi connectivity index (χ1) is 11.7. The average Bonchev–Trinajstić information content (AvgIpc) is 2.60. The number of phenolic OH excluding ortho intramolecular Hbond substituents is 1. The average molecular weight is 423 g/mol. The topological polar surface area (TPSA) is 40.5 Å². The second-order valence-corrected chi connectivity index (χ2v) is 6.71. The molecule has 136 valence electrons. The lowest BCUT2D eigenvalue weighted by molar-refractivity contribution is 0.0773. The van der Waals surface area contributed by atoms with E-state index >= 15 is 0 Å². The third-order valence-electron chi connectivity index (χ3n) is 3.40. The van der Waals surface area contributed by atoms with Gasteiger partial charge in [0, 0.05) is 24.7 Å². The van der Waals surface area contributed by atoms with E-state index in [0.717, 1.165) is 24.2 Å². The molecule has 0 aromatic heterocycles. The Morgan fingerprint density at radius 3 is 2.12 bits per heavy atom. The van der Waals surface area contributed by atoms with Gasteiger partial charge in [-0.2, -0.15) is 0 Å². The van der Waals surface area contributed by atoms with E-state index in [1.165, 1.54) is 6.07 Å². The molecular weight excluding hydrogens is 404 g/mol. The van der Waals surface area contributed by atoms with E-state index in [1.807, 2.05) is 49.9 Å². The summed E-state index contributed by atoms with van der Waals surface area (Å²) in [5.74, 6) is -0.0511. The van der Waals surface area contributed by atoms with Crippen LogP contribution in [-0.2, 0) is 0 Å². The molecule has 0 fully saturated rings. The van der Waals surface area contributed by atoms with Crippen LogP contribution >= 0.6 is 46.4 Å². The minimum atomic E-state index is -0.175. The van der Waals surface area contributed by atoms with Crippen LogP contribution in [-0.4, -0.2) is 29.0 Å². The molecule has 0 spiro atoms. The number of nitrogens with zero attached hydrogens (tertiary/aromatic N) is 1. The fourth-order valence-electron chi connectivity index (χ4n) is 2.03. The Hall–Kier alpha value is -1.13. The lowest BCUT2D eigenvalue weighted by Crippen LogP contribution is -2.30. The minimum Gasteiger partial charge on any atom is -0.506 e. The molecule has 0 aliphatic rings. The van der Waals surface area contributed by atoms with Crippen molar-refractivity contribution in [3.8, 4) is 5.75 Å². The summed E-state index contributed by atoms with van der Waals surface area (Å²) in [6.45, 7) is 7.53. The van der Waals surface area contributed by atoms with Crippen molar-refractivity contribution in [3.63, 3.8) is 0 Å². The highest BCUT2D eigenvalue weighted by molar-refractivity contribution is 6.52. The molecule has 0 saturated carbocycles. The molecule has 2 rings (SSSR count). The van der Waals surface area contributed by atoms with Gasteiger partial charge in [-0.15, -0.1) is 0 Å². The van der Waals surface area contributed by atoms with E-state index in [0.29, 0.717) is 0 Å². The van der Waals surface area contributed by atoms with Gasteiger partial charge in [-0.05, 0) is 32.9 Å². The Morgan fingerprint density at radius 1 is 1.00 bits per heavy atom. The van der Waals surface area contributed by atoms with Crippen LogP contribution in [0.4, 0.5) is 0 Å². The predicted octanol–water partition coefficient (Wildman–Crippen LogP) is 6.48. The quantitative estimate of drug-likeness (QED) is 0.453. The molecule has 0 heterocycles. The molecule has 0 aliphatic heterocycles. The number of hydrogen-bond acceptors (Lipinski definition) is 2. The third kappa shape index (κ3) is 5.96. The molecular formula is C18H19Cl4NO2. The monoisotopic (exact) mass is 421 g/mol. The van der Waals surface area contributed by atoms with Crippen molar-refractivity contribution in [2.24, 2.45) is 0 Å². The Labute approximate surface area is 168 Å². The van der Waals surface area contributed by atoms with Crippen molar-refractivity contribution in [2.75, 3.05) is 13.1 Å². The van der Waals surface area contributed by atoms with Gasteiger partial charge in [-0.1, -0.05) is 64.1 Å². The molecule has 0 bridgehead atoms. The number of aryl methyl sites for hydroxylation is 1. The summed E-state index contributed by atoms with van der Waals surface area (Å²) >= 11 is 22.3. The first kappa shape index (κ1) is 21.9. The lowest BCUT2D eigenvalue weighted by atomic mass is 10.1. The van der Waals surface area contributed by atoms with Crippen molar-refractivity contribution in [3.05, 3.63) is 61.5 Å². The van der Waals surface area contributed by atoms with Crippen LogP contribution in [0.1, 0.15) is 29.8 Å². The maximum atomic E-state index is 11.9. The summed E-state index contributed by atoms with van der Waals surface area (Å²) in [6.07, 6.45) is 0. The van der Waals surface area contributed by atoms with Crippen molar-refractivity contribution in [1.29, 1.82) is 0 Å². The van der Waals surface area contributed by atoms with Crippen molar-refractivity contribution in [2.45, 2.75) is 20.8 Å². The molecule has 3 nitrogen and oxygen atoms in total. The standard InChI is InChI=1S/C12H17NO.C6H2Cl4O/c1-4-13(5-2)12(14)11-8-6-7-10(3)9-11;7-2-1-3(11)5(9)6(10)4(2)8/h6-9H,4-5H2,1-3H3;1,11H. The molecule has 0 saturated heterocycles. The smallest absolute Gasteiger partial charge is 0.253 e. The van der Waals surface area contributed by atoms with Gasteiger partial charge >= 0.3 is 0 Å². The third-order valence-corrected chi connectivity index (χ3v) is 5.14. The number of benzene rings is 2. The Kier molecular flexibility index (Phi) is 8.87. The van der Waals surface area contributed by atoms with E-state index in [4.69, 9.17) is 51.5 Å². The summed E-state index contributed by atoms with van der Waals surface area (Å²) in [5.41, 5.74) is 1.91. The first-order valence-electron chi connectivity index (χ1n) is 7.60. The van der Waals surface area contributed by atoms with Crippen molar-refractivity contribution < 1.29 is 9.90 Å². The van der Waals surface area contributed by atoms with E-state index < -0.39 is 0 Å². The van der Waals surface area contributed by atoms with Gasteiger partial charge in [0.1, 0.15) is 10.8 Å². The minimum absolute atomic E-state index is 0.0149. The van der Waals surface area contributed by atoms with Gasteiger partial charge in [0.25, 0.3) is 5.91 Å². The number of carbonyl (C=O) groups is 1. The van der Waals surface area contributed by atoms with Gasteiger partial charge in [-0.25, -0.2) is 0 Å². The van der Waals surface area contributed by atoms with E-state index in [2.05, 4.69) is 0 Å². The molecule has 7 heteroatoms. The van der Waals surface area contributed by atoms with Crippen molar-refractivity contribution >= 4 is 52.3 Å². The summed E-state index contributed by atoms with van der Waals surface area (Å²) in [4.78, 5) is 13.7. The summed E-state index contributed by atoms with van der Waals surface area (Å²) < 4.78 is 0. The van der Waals surface area contributed by atoms with E-state index in [1.54, 1.807) is 0 Å². The van der Waals surface area contributed by atoms with E-state index in [-0.39, 0.29) is 31.7 Å². The highest BCUT2D eigenvalue weighted by Gasteiger charge is 2.12. The van der Waals surface area contributed by atoms with Gasteiger partial charge in [0.2, 0.25) is 0 Å². The SMILES string of the molecule is CCN(CC)C(=O)c1cccc(C)c1.Oc1cc(Cl)c(Cl)c(Cl)c1Cl. The van der Waals surface area contributed by atoms with Crippen LogP contribution in [0.25, 0.3) is 0 Å². The van der Waals surface area contributed by atoms with Gasteiger partial charge in [0.05, 0.1) is 15.1 Å². The highest BCUT2D eigenvalue weighted by atomic mass is 35.5. The maximum Gasteiger partial charge on any atom is 0.253 e. The van der Waals surface area contributed by atoms with Crippen LogP contribution in [0.5, 0.6) is 5.75 Å². The molecule has 1 N–H and O–H groups in total. The maximum absolute atomic E-state index is 11.9. The molecule has 0 unspecified atom stereocenters. The number of aromatic hydroxyl groups is 1. The normalized spacial score (nSPS) is 10.0. The molecule has 25 heavy (non-hydrogen) atoms. The van der Waals surface area contributed by atoms with Gasteiger partial charge in [0.15, 0.2) is 0 Å². The zero-order valence-electron chi connectivity index (χ0n) is 14.1. The number of rotatable bonds is 3. The molecule has 0 atom stereocenters. The molecule has 0 aliphatic carbocycles. The largest absolute Gasteiger partial charge is 0.506 e. The Bertz CT molecular complexity index is 720. The van der Waals surface area contributed by atoms with Crippen LogP contribution in [0.3, 0.4) is 0 Å². The molecule has 1 amide bonds. The summed E-state index contributed by atoms with van der Waals surface area (Å²) in [5, 5.41) is 9.46. The number of carbonyl (C=O) groups excluding carboxylic acids is 1. The summed E-state index contributed by atoms with van der Waals surface area (Å²) in [6, 6.07) is 8.96. The van der Waals surface area contributed by atoms with Gasteiger partial charge in [-0.3, -0.25) is 4.79 Å². The summed E-state index contributed by atoms with van der Waals surface area (Å²) in [7, 11) is 0. The second kappa shape index (κ2) is 10.1. The van der Waals surface area contributed by atoms with Crippen molar-refractivity contribution in [1.82, 2.24) is 4.90 Å². The molecule has 0 radical (unpaired) electrons. The fourth-order valence-corrected chi connectivity index (χ4v) is 2.82. The lowest BCUT2D eigenvalue weighted by Gasteiger charge is -2.18. The predicted molar refractivity (Wildman–Crippen MR) is 107 cm³/mol. The first-order valence-corrected chi connectivity index (χ1v) is 9.11.